The van der Waals surface area contributed by atoms with Gasteiger partial charge in [0.15, 0.2) is 0 Å². The molecule has 0 saturated heterocycles. The van der Waals surface area contributed by atoms with Crippen molar-refractivity contribution in [2.75, 3.05) is 6.61 Å². The Morgan fingerprint density at radius 3 is 2.92 bits per heavy atom. The second kappa shape index (κ2) is 5.45. The van der Waals surface area contributed by atoms with Gasteiger partial charge in [0, 0.05) is 28.6 Å². The lowest BCUT2D eigenvalue weighted by Crippen LogP contribution is -1.90. The summed E-state index contributed by atoms with van der Waals surface area (Å²) in [7, 11) is 0. The van der Waals surface area contributed by atoms with Crippen LogP contribution in [0.3, 0.4) is 0 Å². The van der Waals surface area contributed by atoms with Gasteiger partial charge in [-0.05, 0) is 42.3 Å². The predicted octanol–water partition coefficient (Wildman–Crippen LogP) is 4.54. The second-order valence-corrected chi connectivity index (χ2v) is 6.41. The lowest BCUT2D eigenvalue weighted by molar-refractivity contribution is 0.357. The third-order valence-electron chi connectivity index (χ3n) is 4.75. The van der Waals surface area contributed by atoms with Crippen LogP contribution in [0.15, 0.2) is 54.7 Å². The van der Waals surface area contributed by atoms with E-state index in [1.807, 2.05) is 25.3 Å². The van der Waals surface area contributed by atoms with Crippen molar-refractivity contribution in [1.82, 2.24) is 15.2 Å². The third kappa shape index (κ3) is 2.30. The Labute approximate surface area is 145 Å². The molecule has 0 bridgehead atoms. The molecular formula is C21H17N3O. The monoisotopic (exact) mass is 327 g/mol. The van der Waals surface area contributed by atoms with Gasteiger partial charge in [-0.15, -0.1) is 0 Å². The lowest BCUT2D eigenvalue weighted by atomic mass is 9.97. The van der Waals surface area contributed by atoms with Crippen LogP contribution in [-0.4, -0.2) is 21.8 Å². The summed E-state index contributed by atoms with van der Waals surface area (Å²) in [6.45, 7) is 2.80. The van der Waals surface area contributed by atoms with Crippen LogP contribution in [0.25, 0.3) is 33.3 Å². The number of nitrogens with zero attached hydrogens (tertiary/aromatic N) is 2. The van der Waals surface area contributed by atoms with Crippen molar-refractivity contribution in [2.45, 2.75) is 13.3 Å². The highest BCUT2D eigenvalue weighted by atomic mass is 16.5. The summed E-state index contributed by atoms with van der Waals surface area (Å²) in [6, 6.07) is 16.7. The zero-order valence-corrected chi connectivity index (χ0v) is 13.9. The fourth-order valence-corrected chi connectivity index (χ4v) is 3.58. The van der Waals surface area contributed by atoms with Crippen molar-refractivity contribution in [3.8, 4) is 28.1 Å². The van der Waals surface area contributed by atoms with Crippen molar-refractivity contribution < 1.29 is 4.74 Å². The number of nitrogens with one attached hydrogen (secondary N) is 1. The molecule has 0 spiro atoms. The van der Waals surface area contributed by atoms with Crippen LogP contribution in [0, 0.1) is 6.92 Å². The number of rotatable bonds is 2. The molecule has 4 heteroatoms. The Bertz CT molecular complexity index is 1100. The molecule has 1 aliphatic heterocycles. The quantitative estimate of drug-likeness (QED) is 0.588. The van der Waals surface area contributed by atoms with Gasteiger partial charge in [0.1, 0.15) is 5.75 Å². The van der Waals surface area contributed by atoms with Crippen LogP contribution in [0.1, 0.15) is 11.3 Å². The van der Waals surface area contributed by atoms with Gasteiger partial charge in [0.25, 0.3) is 0 Å². The molecule has 4 aromatic rings. The van der Waals surface area contributed by atoms with Gasteiger partial charge in [0.2, 0.25) is 0 Å². The first kappa shape index (κ1) is 14.2. The van der Waals surface area contributed by atoms with Crippen LogP contribution in [0.4, 0.5) is 0 Å². The third-order valence-corrected chi connectivity index (χ3v) is 4.75. The average molecular weight is 327 g/mol. The minimum Gasteiger partial charge on any atom is -0.493 e. The Morgan fingerprint density at radius 2 is 1.96 bits per heavy atom. The standard InChI is InChI=1S/C21H17N3O/c1-13-10-17(16-4-2-3-5-19(16)23-13)21-18(12-22-24-21)14-6-7-20-15(11-14)8-9-25-20/h2-7,10-12H,8-9H2,1H3,(H,22,24). The smallest absolute Gasteiger partial charge is 0.122 e. The van der Waals surface area contributed by atoms with Gasteiger partial charge >= 0.3 is 0 Å². The molecule has 5 rings (SSSR count). The van der Waals surface area contributed by atoms with Crippen LogP contribution in [0.5, 0.6) is 5.75 Å². The summed E-state index contributed by atoms with van der Waals surface area (Å²) < 4.78 is 5.63. The van der Waals surface area contributed by atoms with E-state index in [1.54, 1.807) is 0 Å². The number of hydrogen-bond acceptors (Lipinski definition) is 3. The number of hydrogen-bond donors (Lipinski definition) is 1. The maximum Gasteiger partial charge on any atom is 0.122 e. The number of pyridine rings is 1. The largest absolute Gasteiger partial charge is 0.493 e. The van der Waals surface area contributed by atoms with Crippen molar-refractivity contribution in [1.29, 1.82) is 0 Å². The van der Waals surface area contributed by atoms with Crippen molar-refractivity contribution in [3.63, 3.8) is 0 Å². The number of aromatic nitrogens is 3. The van der Waals surface area contributed by atoms with Gasteiger partial charge in [-0.3, -0.25) is 10.1 Å². The number of aromatic amines is 1. The summed E-state index contributed by atoms with van der Waals surface area (Å²) in [5, 5.41) is 8.65. The van der Waals surface area contributed by atoms with Gasteiger partial charge in [-0.25, -0.2) is 0 Å². The van der Waals surface area contributed by atoms with Crippen LogP contribution >= 0.6 is 0 Å². The molecule has 4 nitrogen and oxygen atoms in total. The summed E-state index contributed by atoms with van der Waals surface area (Å²) in [5.74, 6) is 0.999. The van der Waals surface area contributed by atoms with Gasteiger partial charge in [-0.1, -0.05) is 24.3 Å². The molecule has 0 fully saturated rings. The highest BCUT2D eigenvalue weighted by Crippen LogP contribution is 2.37. The minimum atomic E-state index is 0.769. The zero-order chi connectivity index (χ0) is 16.8. The number of fused-ring (bicyclic) bond motifs is 2. The molecule has 0 atom stereocenters. The van der Waals surface area contributed by atoms with Gasteiger partial charge in [0.05, 0.1) is 24.0 Å². The summed E-state index contributed by atoms with van der Waals surface area (Å²) in [5.41, 5.74) is 7.68. The van der Waals surface area contributed by atoms with Crippen molar-refractivity contribution >= 4 is 10.9 Å². The zero-order valence-electron chi connectivity index (χ0n) is 13.9. The molecular weight excluding hydrogens is 310 g/mol. The van der Waals surface area contributed by atoms with Gasteiger partial charge in [-0.2, -0.15) is 5.10 Å². The fraction of sp³-hybridized carbons (Fsp3) is 0.143. The Morgan fingerprint density at radius 1 is 1.04 bits per heavy atom. The van der Waals surface area contributed by atoms with Gasteiger partial charge < -0.3 is 4.74 Å². The highest BCUT2D eigenvalue weighted by molar-refractivity contribution is 5.97. The van der Waals surface area contributed by atoms with Crippen LogP contribution in [0.2, 0.25) is 0 Å². The van der Waals surface area contributed by atoms with Crippen LogP contribution in [-0.2, 0) is 6.42 Å². The minimum absolute atomic E-state index is 0.769. The molecule has 25 heavy (non-hydrogen) atoms. The van der Waals surface area contributed by atoms with Crippen molar-refractivity contribution in [2.24, 2.45) is 0 Å². The number of aryl methyl sites for hydroxylation is 1. The molecule has 0 unspecified atom stereocenters. The first-order valence-corrected chi connectivity index (χ1v) is 8.46. The van der Waals surface area contributed by atoms with E-state index in [1.165, 1.54) is 5.56 Å². The highest BCUT2D eigenvalue weighted by Gasteiger charge is 2.17. The summed E-state index contributed by atoms with van der Waals surface area (Å²) in [4.78, 5) is 4.65. The number of benzene rings is 2. The molecule has 1 N–H and O–H groups in total. The Hall–Kier alpha value is -3.14. The molecule has 2 aromatic heterocycles. The summed E-state index contributed by atoms with van der Waals surface area (Å²) >= 11 is 0. The Balaban J connectivity index is 1.72. The molecule has 0 radical (unpaired) electrons. The SMILES string of the molecule is Cc1cc(-c2[nH]ncc2-c2ccc3c(c2)CCO3)c2ccccc2n1. The molecule has 0 saturated carbocycles. The molecule has 122 valence electrons. The molecule has 3 heterocycles. The number of ether oxygens (including phenoxy) is 1. The van der Waals surface area contributed by atoms with E-state index < -0.39 is 0 Å². The van der Waals surface area contributed by atoms with E-state index in [2.05, 4.69) is 51.6 Å². The van der Waals surface area contributed by atoms with Crippen molar-refractivity contribution in [3.05, 3.63) is 66.0 Å². The van der Waals surface area contributed by atoms with E-state index in [-0.39, 0.29) is 0 Å². The number of H-pyrrole nitrogens is 1. The molecule has 1 aliphatic rings. The second-order valence-electron chi connectivity index (χ2n) is 6.41. The fourth-order valence-electron chi connectivity index (χ4n) is 3.58. The number of para-hydroxylation sites is 1. The van der Waals surface area contributed by atoms with Crippen LogP contribution < -0.4 is 4.74 Å². The topological polar surface area (TPSA) is 50.8 Å². The first-order chi connectivity index (χ1) is 12.3. The van der Waals surface area contributed by atoms with E-state index in [0.717, 1.165) is 57.8 Å². The predicted molar refractivity (Wildman–Crippen MR) is 98.7 cm³/mol. The molecule has 2 aromatic carbocycles. The van der Waals surface area contributed by atoms with E-state index in [9.17, 15) is 0 Å². The maximum absolute atomic E-state index is 5.63. The lowest BCUT2D eigenvalue weighted by Gasteiger charge is -2.09. The normalized spacial score (nSPS) is 13.0. The van der Waals surface area contributed by atoms with E-state index in [4.69, 9.17) is 4.74 Å². The average Bonchev–Trinajstić information content (AvgIpc) is 3.29. The molecule has 0 amide bonds. The maximum atomic E-state index is 5.63. The van der Waals surface area contributed by atoms with E-state index >= 15 is 0 Å². The first-order valence-electron chi connectivity index (χ1n) is 8.46. The van der Waals surface area contributed by atoms with E-state index in [0.29, 0.717) is 0 Å². The summed E-state index contributed by atoms with van der Waals surface area (Å²) in [6.07, 6.45) is 2.87. The Kier molecular flexibility index (Phi) is 3.10. The molecule has 0 aliphatic carbocycles.